The summed E-state index contributed by atoms with van der Waals surface area (Å²) in [6.07, 6.45) is 3.19. The highest BCUT2D eigenvalue weighted by Crippen LogP contribution is 2.46. The summed E-state index contributed by atoms with van der Waals surface area (Å²) in [5.74, 6) is -1.63. The van der Waals surface area contributed by atoms with Crippen molar-refractivity contribution in [3.63, 3.8) is 0 Å². The van der Waals surface area contributed by atoms with Crippen LogP contribution in [0.15, 0.2) is 67.0 Å². The van der Waals surface area contributed by atoms with Crippen LogP contribution >= 0.6 is 11.6 Å². The molecule has 1 fully saturated rings. The van der Waals surface area contributed by atoms with E-state index in [-0.39, 0.29) is 11.6 Å². The zero-order chi connectivity index (χ0) is 19.7. The van der Waals surface area contributed by atoms with Crippen LogP contribution in [0.25, 0.3) is 0 Å². The number of para-hydroxylation sites is 1. The third-order valence-corrected chi connectivity index (χ3v) is 5.20. The monoisotopic (exact) mass is 397 g/mol. The van der Waals surface area contributed by atoms with Crippen molar-refractivity contribution >= 4 is 23.3 Å². The average molecular weight is 398 g/mol. The number of nitro benzene ring substituents is 1. The molecule has 0 unspecified atom stereocenters. The maximum absolute atomic E-state index is 13.0. The molecule has 3 atom stereocenters. The first-order chi connectivity index (χ1) is 13.5. The molecule has 0 aliphatic carbocycles. The number of esters is 1. The summed E-state index contributed by atoms with van der Waals surface area (Å²) in [6, 6.07) is 15.2. The highest BCUT2D eigenvalue weighted by Gasteiger charge is 2.43. The van der Waals surface area contributed by atoms with Crippen LogP contribution in [0.5, 0.6) is 0 Å². The lowest BCUT2D eigenvalue weighted by Crippen LogP contribution is -2.34. The van der Waals surface area contributed by atoms with Gasteiger partial charge in [0.25, 0.3) is 5.69 Å². The van der Waals surface area contributed by atoms with E-state index >= 15 is 0 Å². The molecule has 0 saturated carbocycles. The van der Waals surface area contributed by atoms with Crippen molar-refractivity contribution in [2.75, 3.05) is 0 Å². The maximum Gasteiger partial charge on any atom is 0.316 e. The standard InChI is InChI=1S/C20H16ClN3O4/c21-14-8-6-13(7-9-14)16-12-18(23-11-3-10-22-23)28-20(25)19(16)15-4-1-2-5-17(15)24(26)27/h1-11,16,18-19H,12H2/t16-,18+,19-/m0/s1. The molecule has 8 heteroatoms. The Morgan fingerprint density at radius 2 is 1.89 bits per heavy atom. The molecule has 1 aliphatic rings. The van der Waals surface area contributed by atoms with Gasteiger partial charge < -0.3 is 4.74 Å². The van der Waals surface area contributed by atoms with E-state index in [1.165, 1.54) is 6.07 Å². The van der Waals surface area contributed by atoms with Crippen LogP contribution in [0.2, 0.25) is 5.02 Å². The quantitative estimate of drug-likeness (QED) is 0.368. The predicted octanol–water partition coefficient (Wildman–Crippen LogP) is 4.46. The Bertz CT molecular complexity index is 1000. The van der Waals surface area contributed by atoms with Gasteiger partial charge in [0.05, 0.1) is 10.8 Å². The van der Waals surface area contributed by atoms with Crippen molar-refractivity contribution < 1.29 is 14.5 Å². The lowest BCUT2D eigenvalue weighted by Gasteiger charge is -2.35. The summed E-state index contributed by atoms with van der Waals surface area (Å²) in [4.78, 5) is 24.1. The number of carbonyl (C=O) groups is 1. The maximum atomic E-state index is 13.0. The summed E-state index contributed by atoms with van der Waals surface area (Å²) in [5.41, 5.74) is 1.11. The summed E-state index contributed by atoms with van der Waals surface area (Å²) >= 11 is 6.01. The number of cyclic esters (lactones) is 1. The van der Waals surface area contributed by atoms with E-state index < -0.39 is 23.0 Å². The fourth-order valence-electron chi connectivity index (χ4n) is 3.69. The van der Waals surface area contributed by atoms with Gasteiger partial charge in [0.15, 0.2) is 6.23 Å². The number of benzene rings is 2. The third-order valence-electron chi connectivity index (χ3n) is 4.95. The van der Waals surface area contributed by atoms with Gasteiger partial charge in [-0.05, 0) is 23.8 Å². The van der Waals surface area contributed by atoms with E-state index in [0.29, 0.717) is 17.0 Å². The van der Waals surface area contributed by atoms with E-state index in [9.17, 15) is 14.9 Å². The largest absolute Gasteiger partial charge is 0.439 e. The Hall–Kier alpha value is -3.19. The number of aromatic nitrogens is 2. The van der Waals surface area contributed by atoms with E-state index in [1.54, 1.807) is 53.5 Å². The molecule has 1 aromatic heterocycles. The average Bonchev–Trinajstić information content (AvgIpc) is 3.23. The topological polar surface area (TPSA) is 87.3 Å². The number of ether oxygens (including phenoxy) is 1. The second kappa shape index (κ2) is 7.44. The highest BCUT2D eigenvalue weighted by atomic mass is 35.5. The molecule has 3 aromatic rings. The van der Waals surface area contributed by atoms with E-state index in [1.807, 2.05) is 12.1 Å². The van der Waals surface area contributed by atoms with Crippen LogP contribution in [0.3, 0.4) is 0 Å². The normalized spacial score (nSPS) is 21.9. The van der Waals surface area contributed by atoms with Crippen LogP contribution < -0.4 is 0 Å². The number of hydrogen-bond donors (Lipinski definition) is 0. The number of hydrogen-bond acceptors (Lipinski definition) is 5. The van der Waals surface area contributed by atoms with E-state index in [2.05, 4.69) is 5.10 Å². The molecule has 142 valence electrons. The van der Waals surface area contributed by atoms with E-state index in [0.717, 1.165) is 5.56 Å². The van der Waals surface area contributed by atoms with E-state index in [4.69, 9.17) is 16.3 Å². The minimum Gasteiger partial charge on any atom is -0.439 e. The Kier molecular flexibility index (Phi) is 4.83. The Morgan fingerprint density at radius 3 is 2.57 bits per heavy atom. The first-order valence-electron chi connectivity index (χ1n) is 8.73. The molecule has 2 heterocycles. The van der Waals surface area contributed by atoms with Crippen molar-refractivity contribution in [1.29, 1.82) is 0 Å². The van der Waals surface area contributed by atoms with Gasteiger partial charge in [0.1, 0.15) is 0 Å². The van der Waals surface area contributed by atoms with Gasteiger partial charge >= 0.3 is 5.97 Å². The lowest BCUT2D eigenvalue weighted by molar-refractivity contribution is -0.385. The zero-order valence-electron chi connectivity index (χ0n) is 14.6. The van der Waals surface area contributed by atoms with Crippen LogP contribution in [-0.4, -0.2) is 20.7 Å². The molecule has 4 rings (SSSR count). The van der Waals surface area contributed by atoms with Crippen LogP contribution in [0.1, 0.15) is 35.6 Å². The van der Waals surface area contributed by atoms with Gasteiger partial charge in [-0.15, -0.1) is 0 Å². The van der Waals surface area contributed by atoms with Crippen molar-refractivity contribution in [3.8, 4) is 0 Å². The first kappa shape index (κ1) is 18.2. The number of nitrogens with zero attached hydrogens (tertiary/aromatic N) is 3. The van der Waals surface area contributed by atoms with Gasteiger partial charge in [-0.25, -0.2) is 4.68 Å². The van der Waals surface area contributed by atoms with Crippen molar-refractivity contribution in [1.82, 2.24) is 9.78 Å². The zero-order valence-corrected chi connectivity index (χ0v) is 15.4. The number of halogens is 1. The Morgan fingerprint density at radius 1 is 1.14 bits per heavy atom. The van der Waals surface area contributed by atoms with Gasteiger partial charge in [-0.2, -0.15) is 5.10 Å². The molecule has 28 heavy (non-hydrogen) atoms. The Labute approximate surface area is 165 Å². The van der Waals surface area contributed by atoms with Crippen LogP contribution in [0, 0.1) is 10.1 Å². The number of nitro groups is 1. The van der Waals surface area contributed by atoms with Crippen LogP contribution in [0.4, 0.5) is 5.69 Å². The fraction of sp³-hybridized carbons (Fsp3) is 0.200. The molecule has 7 nitrogen and oxygen atoms in total. The van der Waals surface area contributed by atoms with Crippen molar-refractivity contribution in [2.24, 2.45) is 0 Å². The lowest BCUT2D eigenvalue weighted by atomic mass is 9.77. The van der Waals surface area contributed by atoms with Crippen molar-refractivity contribution in [3.05, 3.63) is 93.3 Å². The molecular weight excluding hydrogens is 382 g/mol. The number of rotatable bonds is 4. The number of carbonyl (C=O) groups excluding carboxylic acids is 1. The summed E-state index contributed by atoms with van der Waals surface area (Å²) < 4.78 is 7.20. The smallest absolute Gasteiger partial charge is 0.316 e. The SMILES string of the molecule is O=C1O[C@@H](n2cccn2)C[C@@H](c2ccc(Cl)cc2)[C@@H]1c1ccccc1[N+](=O)[O-]. The molecule has 0 radical (unpaired) electrons. The molecule has 0 N–H and O–H groups in total. The second-order valence-electron chi connectivity index (χ2n) is 6.56. The molecule has 1 saturated heterocycles. The fourth-order valence-corrected chi connectivity index (χ4v) is 3.81. The van der Waals surface area contributed by atoms with Gasteiger partial charge in [0.2, 0.25) is 0 Å². The van der Waals surface area contributed by atoms with Gasteiger partial charge in [0, 0.05) is 41.4 Å². The summed E-state index contributed by atoms with van der Waals surface area (Å²) in [6.45, 7) is 0. The van der Waals surface area contributed by atoms with Crippen molar-refractivity contribution in [2.45, 2.75) is 24.5 Å². The van der Waals surface area contributed by atoms with Crippen LogP contribution in [-0.2, 0) is 9.53 Å². The molecule has 0 spiro atoms. The molecular formula is C20H16ClN3O4. The predicted molar refractivity (Wildman–Crippen MR) is 102 cm³/mol. The molecule has 0 bridgehead atoms. The molecule has 1 aliphatic heterocycles. The minimum absolute atomic E-state index is 0.0963. The van der Waals surface area contributed by atoms with Gasteiger partial charge in [-0.3, -0.25) is 14.9 Å². The minimum atomic E-state index is -0.797. The summed E-state index contributed by atoms with van der Waals surface area (Å²) in [5, 5.41) is 16.3. The summed E-state index contributed by atoms with van der Waals surface area (Å²) in [7, 11) is 0. The first-order valence-corrected chi connectivity index (χ1v) is 9.11. The van der Waals surface area contributed by atoms with Gasteiger partial charge in [-0.1, -0.05) is 41.9 Å². The molecule has 2 aromatic carbocycles. The second-order valence-corrected chi connectivity index (χ2v) is 7.00. The molecule has 0 amide bonds. The highest BCUT2D eigenvalue weighted by molar-refractivity contribution is 6.30. The Balaban J connectivity index is 1.80. The third kappa shape index (κ3) is 3.36.